The lowest BCUT2D eigenvalue weighted by Gasteiger charge is -2.31. The monoisotopic (exact) mass is 420 g/mol. The van der Waals surface area contributed by atoms with E-state index in [1.165, 1.54) is 10.7 Å². The van der Waals surface area contributed by atoms with Crippen molar-refractivity contribution in [2.45, 2.75) is 38.9 Å². The molecule has 2 aromatic heterocycles. The summed E-state index contributed by atoms with van der Waals surface area (Å²) in [6, 6.07) is 10.6. The number of halogens is 1. The topological polar surface area (TPSA) is 82.0 Å². The van der Waals surface area contributed by atoms with Gasteiger partial charge in [-0.1, -0.05) is 30.3 Å². The number of benzene rings is 2. The smallest absolute Gasteiger partial charge is 0.293 e. The number of nitrogens with two attached hydrogens (primary N) is 1. The fraction of sp³-hybridized carbons (Fsp3) is 0.348. The number of aryl methyl sites for hydroxylation is 1. The number of aromatic nitrogens is 4. The van der Waals surface area contributed by atoms with Crippen molar-refractivity contribution < 1.29 is 4.39 Å². The minimum absolute atomic E-state index is 0.111. The van der Waals surface area contributed by atoms with Crippen LogP contribution in [-0.4, -0.2) is 38.5 Å². The maximum atomic E-state index is 14.2. The Bertz CT molecular complexity index is 1330. The molecule has 4 aromatic rings. The van der Waals surface area contributed by atoms with Crippen molar-refractivity contribution in [1.29, 1.82) is 0 Å². The summed E-state index contributed by atoms with van der Waals surface area (Å²) in [5, 5.41) is 5.69. The van der Waals surface area contributed by atoms with Gasteiger partial charge in [0.15, 0.2) is 0 Å². The first kappa shape index (κ1) is 19.7. The van der Waals surface area contributed by atoms with Crippen LogP contribution in [0.3, 0.4) is 0 Å². The van der Waals surface area contributed by atoms with Gasteiger partial charge >= 0.3 is 0 Å². The molecule has 1 aliphatic heterocycles. The van der Waals surface area contributed by atoms with Gasteiger partial charge in [-0.05, 0) is 36.8 Å². The molecule has 1 fully saturated rings. The average molecular weight is 420 g/mol. The second kappa shape index (κ2) is 7.77. The third-order valence-corrected chi connectivity index (χ3v) is 6.07. The highest BCUT2D eigenvalue weighted by molar-refractivity contribution is 5.86. The Labute approximate surface area is 178 Å². The number of rotatable bonds is 4. The summed E-state index contributed by atoms with van der Waals surface area (Å²) in [6.07, 6.45) is 3.65. The highest BCUT2D eigenvalue weighted by Gasteiger charge is 2.24. The normalized spacial score (nSPS) is 17.0. The maximum Gasteiger partial charge on any atom is 0.293 e. The van der Waals surface area contributed by atoms with Crippen molar-refractivity contribution >= 4 is 27.8 Å². The van der Waals surface area contributed by atoms with E-state index in [-0.39, 0.29) is 24.0 Å². The molecule has 5 rings (SSSR count). The van der Waals surface area contributed by atoms with Gasteiger partial charge in [-0.15, -0.1) is 0 Å². The lowest BCUT2D eigenvalue weighted by Crippen LogP contribution is -2.44. The lowest BCUT2D eigenvalue weighted by atomic mass is 10.0. The standard InChI is InChI=1S/C23H25FN6O/c1-2-29-21-20(27-23(29)28-11-5-6-16(25)14-28)12-26-30(22(21)31)13-15-9-10-19(24)18-8-4-3-7-17(15)18/h3-4,7-10,12,16H,2,5-6,11,13-14,25H2,1H3/t16-/m1/s1. The van der Waals surface area contributed by atoms with E-state index in [1.807, 2.05) is 23.6 Å². The number of nitrogens with zero attached hydrogens (tertiary/aromatic N) is 5. The molecule has 0 bridgehead atoms. The predicted molar refractivity (Wildman–Crippen MR) is 120 cm³/mol. The molecule has 0 saturated carbocycles. The molecule has 1 aliphatic rings. The quantitative estimate of drug-likeness (QED) is 0.549. The third-order valence-electron chi connectivity index (χ3n) is 6.07. The van der Waals surface area contributed by atoms with Crippen LogP contribution in [0, 0.1) is 5.82 Å². The molecule has 2 N–H and O–H groups in total. The van der Waals surface area contributed by atoms with Crippen molar-refractivity contribution in [2.24, 2.45) is 5.73 Å². The molecule has 1 atom stereocenters. The van der Waals surface area contributed by atoms with E-state index in [9.17, 15) is 9.18 Å². The van der Waals surface area contributed by atoms with E-state index in [2.05, 4.69) is 10.00 Å². The zero-order valence-electron chi connectivity index (χ0n) is 17.5. The molecule has 1 saturated heterocycles. The largest absolute Gasteiger partial charge is 0.341 e. The summed E-state index contributed by atoms with van der Waals surface area (Å²) in [6.45, 7) is 4.49. The number of imidazole rings is 1. The molecular weight excluding hydrogens is 395 g/mol. The molecule has 160 valence electrons. The Balaban J connectivity index is 1.60. The SMILES string of the molecule is CCn1c(N2CCC[C@@H](N)C2)nc2cnn(Cc3ccc(F)c4ccccc34)c(=O)c21. The Morgan fingerprint density at radius 3 is 2.77 bits per heavy atom. The molecule has 0 spiro atoms. The number of hydrogen-bond donors (Lipinski definition) is 1. The zero-order chi connectivity index (χ0) is 21.5. The van der Waals surface area contributed by atoms with Crippen molar-refractivity contribution in [1.82, 2.24) is 19.3 Å². The van der Waals surface area contributed by atoms with Crippen LogP contribution >= 0.6 is 0 Å². The molecule has 31 heavy (non-hydrogen) atoms. The van der Waals surface area contributed by atoms with Crippen molar-refractivity contribution in [3.63, 3.8) is 0 Å². The predicted octanol–water partition coefficient (Wildman–Crippen LogP) is 2.88. The van der Waals surface area contributed by atoms with Crippen LogP contribution in [0.1, 0.15) is 25.3 Å². The van der Waals surface area contributed by atoms with Crippen LogP contribution in [0.15, 0.2) is 47.4 Å². The molecule has 0 amide bonds. The highest BCUT2D eigenvalue weighted by Crippen LogP contribution is 2.24. The third kappa shape index (κ3) is 3.37. The first-order valence-electron chi connectivity index (χ1n) is 10.7. The van der Waals surface area contributed by atoms with Crippen LogP contribution < -0.4 is 16.2 Å². The van der Waals surface area contributed by atoms with Gasteiger partial charge in [0.05, 0.1) is 12.7 Å². The highest BCUT2D eigenvalue weighted by atomic mass is 19.1. The van der Waals surface area contributed by atoms with Crippen LogP contribution in [0.25, 0.3) is 21.8 Å². The van der Waals surface area contributed by atoms with Gasteiger partial charge in [0.1, 0.15) is 16.9 Å². The van der Waals surface area contributed by atoms with E-state index in [1.54, 1.807) is 24.4 Å². The second-order valence-corrected chi connectivity index (χ2v) is 8.10. The molecule has 3 heterocycles. The fourth-order valence-electron chi connectivity index (χ4n) is 4.54. The van der Waals surface area contributed by atoms with Crippen molar-refractivity contribution in [2.75, 3.05) is 18.0 Å². The summed E-state index contributed by atoms with van der Waals surface area (Å²) < 4.78 is 17.6. The molecule has 8 heteroatoms. The van der Waals surface area contributed by atoms with E-state index in [0.717, 1.165) is 42.8 Å². The van der Waals surface area contributed by atoms with Gasteiger partial charge in [0.2, 0.25) is 5.95 Å². The minimum Gasteiger partial charge on any atom is -0.341 e. The molecule has 2 aromatic carbocycles. The maximum absolute atomic E-state index is 14.2. The Morgan fingerprint density at radius 1 is 1.19 bits per heavy atom. The summed E-state index contributed by atoms with van der Waals surface area (Å²) in [5.41, 5.74) is 7.93. The molecule has 7 nitrogen and oxygen atoms in total. The first-order chi connectivity index (χ1) is 15.1. The number of piperidine rings is 1. The van der Waals surface area contributed by atoms with Crippen LogP contribution in [0.5, 0.6) is 0 Å². The minimum atomic E-state index is -0.274. The Kier molecular flexibility index (Phi) is 4.94. The van der Waals surface area contributed by atoms with Crippen molar-refractivity contribution in [3.05, 3.63) is 64.3 Å². The van der Waals surface area contributed by atoms with E-state index in [0.29, 0.717) is 23.0 Å². The van der Waals surface area contributed by atoms with Gasteiger partial charge in [0, 0.05) is 31.1 Å². The summed E-state index contributed by atoms with van der Waals surface area (Å²) in [7, 11) is 0. The Morgan fingerprint density at radius 2 is 2.00 bits per heavy atom. The van der Waals surface area contributed by atoms with Gasteiger partial charge in [-0.25, -0.2) is 14.1 Å². The molecule has 0 radical (unpaired) electrons. The van der Waals surface area contributed by atoms with E-state index in [4.69, 9.17) is 10.7 Å². The van der Waals surface area contributed by atoms with Gasteiger partial charge < -0.3 is 15.2 Å². The summed E-state index contributed by atoms with van der Waals surface area (Å²) in [5.74, 6) is 0.500. The molecule has 0 aliphatic carbocycles. The first-order valence-corrected chi connectivity index (χ1v) is 10.7. The molecular formula is C23H25FN6O. The lowest BCUT2D eigenvalue weighted by molar-refractivity contribution is 0.494. The zero-order valence-corrected chi connectivity index (χ0v) is 17.5. The van der Waals surface area contributed by atoms with Crippen molar-refractivity contribution in [3.8, 4) is 0 Å². The van der Waals surface area contributed by atoms with Gasteiger partial charge in [-0.2, -0.15) is 5.10 Å². The summed E-state index contributed by atoms with van der Waals surface area (Å²) in [4.78, 5) is 20.3. The number of hydrogen-bond acceptors (Lipinski definition) is 5. The fourth-order valence-corrected chi connectivity index (χ4v) is 4.54. The summed E-state index contributed by atoms with van der Waals surface area (Å²) >= 11 is 0. The van der Waals surface area contributed by atoms with E-state index < -0.39 is 0 Å². The average Bonchev–Trinajstić information content (AvgIpc) is 3.17. The second-order valence-electron chi connectivity index (χ2n) is 8.10. The molecule has 0 unspecified atom stereocenters. The van der Waals surface area contributed by atoms with Gasteiger partial charge in [0.25, 0.3) is 5.56 Å². The van der Waals surface area contributed by atoms with Crippen LogP contribution in [0.4, 0.5) is 10.3 Å². The Hall–Kier alpha value is -3.26. The number of fused-ring (bicyclic) bond motifs is 2. The number of anilines is 1. The van der Waals surface area contributed by atoms with Crippen LogP contribution in [0.2, 0.25) is 0 Å². The van der Waals surface area contributed by atoms with Crippen LogP contribution in [-0.2, 0) is 13.1 Å². The van der Waals surface area contributed by atoms with Gasteiger partial charge in [-0.3, -0.25) is 4.79 Å². The van der Waals surface area contributed by atoms with E-state index >= 15 is 0 Å².